The van der Waals surface area contributed by atoms with E-state index < -0.39 is 17.7 Å². The summed E-state index contributed by atoms with van der Waals surface area (Å²) in [6.07, 6.45) is 0. The van der Waals surface area contributed by atoms with E-state index in [2.05, 4.69) is 21.2 Å². The van der Waals surface area contributed by atoms with Gasteiger partial charge in [0.05, 0.1) is 16.6 Å². The van der Waals surface area contributed by atoms with Crippen molar-refractivity contribution in [1.29, 1.82) is 5.26 Å². The van der Waals surface area contributed by atoms with Crippen LogP contribution in [0, 0.1) is 17.2 Å². The molecule has 5 N–H and O–H groups in total. The van der Waals surface area contributed by atoms with Crippen molar-refractivity contribution < 1.29 is 4.79 Å². The summed E-state index contributed by atoms with van der Waals surface area (Å²) >= 11 is 8.51. The van der Waals surface area contributed by atoms with Gasteiger partial charge in [0.1, 0.15) is 11.7 Å². The van der Waals surface area contributed by atoms with Crippen molar-refractivity contribution in [3.63, 3.8) is 0 Å². The minimum absolute atomic E-state index is 0.167. The van der Waals surface area contributed by atoms with E-state index in [1.807, 2.05) is 30.3 Å². The standard InChI is InChI=1S/C13H11BrN4OS/c14-7-3-1-2-6(4-7)9-8(5-15)11(16)18-13(20)10(9)12(17)19/h1-4,9-10H,16H2,(H2,17,19)(H,18,20)/t9-,10-/m1/s1. The van der Waals surface area contributed by atoms with Gasteiger partial charge in [0.25, 0.3) is 0 Å². The largest absolute Gasteiger partial charge is 0.384 e. The van der Waals surface area contributed by atoms with E-state index in [0.717, 1.165) is 10.0 Å². The normalized spacial score (nSPS) is 22.1. The van der Waals surface area contributed by atoms with Crippen LogP contribution in [0.4, 0.5) is 0 Å². The Hall–Kier alpha value is -1.91. The van der Waals surface area contributed by atoms with Gasteiger partial charge in [-0.3, -0.25) is 4.79 Å². The molecule has 1 heterocycles. The fraction of sp³-hybridized carbons (Fsp3) is 0.154. The molecular weight excluding hydrogens is 340 g/mol. The van der Waals surface area contributed by atoms with Crippen molar-refractivity contribution in [3.8, 4) is 6.07 Å². The Morgan fingerprint density at radius 2 is 2.20 bits per heavy atom. The smallest absolute Gasteiger partial charge is 0.228 e. The zero-order valence-electron chi connectivity index (χ0n) is 10.3. The number of hydrogen-bond donors (Lipinski definition) is 3. The Morgan fingerprint density at radius 3 is 2.75 bits per heavy atom. The number of nitriles is 1. The first-order valence-corrected chi connectivity index (χ1v) is 6.91. The highest BCUT2D eigenvalue weighted by molar-refractivity contribution is 9.10. The van der Waals surface area contributed by atoms with Gasteiger partial charge in [-0.05, 0) is 17.7 Å². The summed E-state index contributed by atoms with van der Waals surface area (Å²) in [6.45, 7) is 0. The number of hydrogen-bond acceptors (Lipinski definition) is 4. The third-order valence-electron chi connectivity index (χ3n) is 3.11. The summed E-state index contributed by atoms with van der Waals surface area (Å²) in [7, 11) is 0. The Morgan fingerprint density at radius 1 is 1.50 bits per heavy atom. The number of nitrogens with two attached hydrogens (primary N) is 2. The van der Waals surface area contributed by atoms with Crippen LogP contribution >= 0.6 is 28.1 Å². The summed E-state index contributed by atoms with van der Waals surface area (Å²) in [5.74, 6) is -1.78. The van der Waals surface area contributed by atoms with Gasteiger partial charge in [-0.1, -0.05) is 40.3 Å². The van der Waals surface area contributed by atoms with Gasteiger partial charge in [0, 0.05) is 10.4 Å². The second kappa shape index (κ2) is 5.61. The van der Waals surface area contributed by atoms with E-state index in [-0.39, 0.29) is 16.4 Å². The highest BCUT2D eigenvalue weighted by Gasteiger charge is 2.39. The molecule has 0 bridgehead atoms. The van der Waals surface area contributed by atoms with Gasteiger partial charge >= 0.3 is 0 Å². The third-order valence-corrected chi connectivity index (χ3v) is 3.96. The van der Waals surface area contributed by atoms with Crippen molar-refractivity contribution in [2.24, 2.45) is 17.4 Å². The molecule has 0 radical (unpaired) electrons. The molecule has 0 aromatic heterocycles. The molecule has 2 rings (SSSR count). The topological polar surface area (TPSA) is 105 Å². The number of carbonyl (C=O) groups excluding carboxylic acids is 1. The maximum atomic E-state index is 11.7. The van der Waals surface area contributed by atoms with E-state index in [1.54, 1.807) is 0 Å². The van der Waals surface area contributed by atoms with Crippen LogP contribution in [0.2, 0.25) is 0 Å². The maximum Gasteiger partial charge on any atom is 0.228 e. The lowest BCUT2D eigenvalue weighted by atomic mass is 9.78. The average molecular weight is 351 g/mol. The van der Waals surface area contributed by atoms with E-state index >= 15 is 0 Å². The minimum atomic E-state index is -0.791. The van der Waals surface area contributed by atoms with Crippen molar-refractivity contribution in [3.05, 3.63) is 45.7 Å². The fourth-order valence-corrected chi connectivity index (χ4v) is 3.02. The molecule has 20 heavy (non-hydrogen) atoms. The molecule has 1 aromatic rings. The van der Waals surface area contributed by atoms with Crippen LogP contribution in [-0.4, -0.2) is 10.9 Å². The van der Waals surface area contributed by atoms with Crippen molar-refractivity contribution >= 4 is 39.0 Å². The lowest BCUT2D eigenvalue weighted by molar-refractivity contribution is -0.120. The molecule has 1 aromatic carbocycles. The SMILES string of the molecule is N#CC1=C(N)NC(=S)[C@@H](C(N)=O)[C@@H]1c1cccc(Br)c1. The second-order valence-electron chi connectivity index (χ2n) is 4.34. The monoisotopic (exact) mass is 350 g/mol. The van der Waals surface area contributed by atoms with Gasteiger partial charge in [-0.15, -0.1) is 0 Å². The average Bonchev–Trinajstić information content (AvgIpc) is 2.37. The highest BCUT2D eigenvalue weighted by Crippen LogP contribution is 2.36. The summed E-state index contributed by atoms with van der Waals surface area (Å²) in [5.41, 5.74) is 12.3. The molecule has 0 spiro atoms. The van der Waals surface area contributed by atoms with Crippen molar-refractivity contribution in [2.45, 2.75) is 5.92 Å². The number of primary amides is 1. The molecule has 2 atom stereocenters. The first kappa shape index (κ1) is 14.5. The van der Waals surface area contributed by atoms with Crippen LogP contribution in [0.5, 0.6) is 0 Å². The number of allylic oxidation sites excluding steroid dienone is 1. The molecule has 0 unspecified atom stereocenters. The summed E-state index contributed by atoms with van der Waals surface area (Å²) in [4.78, 5) is 11.9. The van der Waals surface area contributed by atoms with Gasteiger partial charge in [-0.2, -0.15) is 5.26 Å². The number of halogens is 1. The molecule has 5 nitrogen and oxygen atoms in total. The molecule has 1 aliphatic heterocycles. The Labute approximate surface area is 129 Å². The second-order valence-corrected chi connectivity index (χ2v) is 5.70. The van der Waals surface area contributed by atoms with Crippen LogP contribution in [0.1, 0.15) is 11.5 Å². The van der Waals surface area contributed by atoms with E-state index in [1.165, 1.54) is 0 Å². The molecule has 0 saturated carbocycles. The number of rotatable bonds is 2. The zero-order valence-corrected chi connectivity index (χ0v) is 12.7. The predicted molar refractivity (Wildman–Crippen MR) is 82.1 cm³/mol. The number of thiocarbonyl (C=S) groups is 1. The highest BCUT2D eigenvalue weighted by atomic mass is 79.9. The lowest BCUT2D eigenvalue weighted by Gasteiger charge is -2.31. The molecule has 0 aliphatic carbocycles. The lowest BCUT2D eigenvalue weighted by Crippen LogP contribution is -2.47. The zero-order chi connectivity index (χ0) is 14.9. The Bertz CT molecular complexity index is 665. The third kappa shape index (κ3) is 2.53. The Balaban J connectivity index is 2.64. The number of benzene rings is 1. The van der Waals surface area contributed by atoms with Crippen LogP contribution in [0.3, 0.4) is 0 Å². The number of nitrogens with one attached hydrogen (secondary N) is 1. The van der Waals surface area contributed by atoms with E-state index in [9.17, 15) is 10.1 Å². The van der Waals surface area contributed by atoms with Gasteiger partial charge in [0.15, 0.2) is 0 Å². The number of carbonyl (C=O) groups is 1. The van der Waals surface area contributed by atoms with Crippen molar-refractivity contribution in [2.75, 3.05) is 0 Å². The van der Waals surface area contributed by atoms with Crippen LogP contribution in [0.15, 0.2) is 40.1 Å². The molecule has 0 fully saturated rings. The number of amides is 1. The van der Waals surface area contributed by atoms with E-state index in [4.69, 9.17) is 23.7 Å². The van der Waals surface area contributed by atoms with Crippen LogP contribution in [0.25, 0.3) is 0 Å². The molecule has 1 aliphatic rings. The maximum absolute atomic E-state index is 11.7. The molecule has 102 valence electrons. The van der Waals surface area contributed by atoms with Crippen LogP contribution in [-0.2, 0) is 4.79 Å². The fourth-order valence-electron chi connectivity index (χ4n) is 2.25. The summed E-state index contributed by atoms with van der Waals surface area (Å²) in [6, 6.07) is 9.33. The molecule has 7 heteroatoms. The van der Waals surface area contributed by atoms with Crippen molar-refractivity contribution in [1.82, 2.24) is 5.32 Å². The predicted octanol–water partition coefficient (Wildman–Crippen LogP) is 1.26. The van der Waals surface area contributed by atoms with Gasteiger partial charge in [-0.25, -0.2) is 0 Å². The summed E-state index contributed by atoms with van der Waals surface area (Å²) in [5, 5.41) is 12.0. The van der Waals surface area contributed by atoms with Gasteiger partial charge < -0.3 is 16.8 Å². The first-order chi connectivity index (χ1) is 9.45. The first-order valence-electron chi connectivity index (χ1n) is 5.71. The minimum Gasteiger partial charge on any atom is -0.384 e. The number of nitrogens with zero attached hydrogens (tertiary/aromatic N) is 1. The quantitative estimate of drug-likeness (QED) is 0.696. The van der Waals surface area contributed by atoms with Crippen LogP contribution < -0.4 is 16.8 Å². The molecule has 1 amide bonds. The van der Waals surface area contributed by atoms with E-state index in [0.29, 0.717) is 0 Å². The molecular formula is C13H11BrN4OS. The van der Waals surface area contributed by atoms with Gasteiger partial charge in [0.2, 0.25) is 5.91 Å². The molecule has 0 saturated heterocycles. The summed E-state index contributed by atoms with van der Waals surface area (Å²) < 4.78 is 0.832. The Kier molecular flexibility index (Phi) is 4.06.